The second kappa shape index (κ2) is 21.1. The average molecular weight is 939 g/mol. The Morgan fingerprint density at radius 1 is 0.380 bits per heavy atom. The van der Waals surface area contributed by atoms with Gasteiger partial charge in [-0.25, -0.2) is 0 Å². The molecule has 0 fully saturated rings. The summed E-state index contributed by atoms with van der Waals surface area (Å²) in [6.07, 6.45) is 4.62. The summed E-state index contributed by atoms with van der Waals surface area (Å²) >= 11 is 0. The molecule has 71 heavy (non-hydrogen) atoms. The molecule has 0 atom stereocenters. The minimum atomic E-state index is 0. The van der Waals surface area contributed by atoms with Crippen LogP contribution in [0.2, 0.25) is 0 Å². The first-order chi connectivity index (χ1) is 33.3. The van der Waals surface area contributed by atoms with Crippen LogP contribution in [0.3, 0.4) is 0 Å². The molecule has 3 aromatic heterocycles. The van der Waals surface area contributed by atoms with Gasteiger partial charge >= 0.3 is 0 Å². The molecule has 3 nitrogen and oxygen atoms in total. The normalized spacial score (nSPS) is 12.4. The van der Waals surface area contributed by atoms with Crippen molar-refractivity contribution in [3.8, 4) is 33.8 Å². The number of fused-ring (bicyclic) bond motifs is 15. The molecule has 6 aromatic carbocycles. The van der Waals surface area contributed by atoms with Gasteiger partial charge < -0.3 is 0 Å². The van der Waals surface area contributed by atoms with Crippen molar-refractivity contribution in [3.63, 3.8) is 0 Å². The number of hydrogen-bond acceptors (Lipinski definition) is 0. The lowest BCUT2D eigenvalue weighted by Crippen LogP contribution is -2.33. The number of benzene rings is 6. The summed E-state index contributed by atoms with van der Waals surface area (Å²) in [5.74, 6) is 2.77. The number of para-hydroxylation sites is 2. The SMILES string of the molecule is C.C.CC(C)Cc1cc(CC(C)C)c2c(c1)-c1ccc3ccccc3[n+]1C2.CC(C)Cc1ccc2c(c1)-c1ccc3ccccc3[n+]1C2.Cc1cc(C)c2c(c1)-c1ccc3ccc(CC(C)C)cc3[n+]1C2. The van der Waals surface area contributed by atoms with Gasteiger partial charge in [-0.2, -0.15) is 13.7 Å². The molecule has 0 saturated heterocycles. The Balaban J connectivity index is 0.000000141. The van der Waals surface area contributed by atoms with Crippen LogP contribution in [0.1, 0.15) is 120 Å². The molecule has 0 saturated carbocycles. The van der Waals surface area contributed by atoms with Crippen LogP contribution in [0.4, 0.5) is 0 Å². The van der Waals surface area contributed by atoms with Crippen molar-refractivity contribution >= 4 is 32.7 Å². The minimum absolute atomic E-state index is 0. The Morgan fingerprint density at radius 2 is 0.831 bits per heavy atom. The van der Waals surface area contributed by atoms with Crippen molar-refractivity contribution < 1.29 is 13.7 Å². The zero-order valence-corrected chi connectivity index (χ0v) is 43.0. The summed E-state index contributed by atoms with van der Waals surface area (Å²) < 4.78 is 7.44. The maximum Gasteiger partial charge on any atom is 0.213 e. The van der Waals surface area contributed by atoms with Crippen LogP contribution in [-0.4, -0.2) is 0 Å². The summed E-state index contributed by atoms with van der Waals surface area (Å²) in [6, 6.07) is 54.6. The van der Waals surface area contributed by atoms with Crippen LogP contribution in [0.25, 0.3) is 66.5 Å². The van der Waals surface area contributed by atoms with Crippen molar-refractivity contribution in [1.29, 1.82) is 0 Å². The highest BCUT2D eigenvalue weighted by molar-refractivity contribution is 5.82. The molecule has 3 aliphatic heterocycles. The fraction of sp³-hybridized carbons (Fsp3) is 0.338. The molecule has 12 rings (SSSR count). The van der Waals surface area contributed by atoms with Crippen molar-refractivity contribution in [3.05, 3.63) is 196 Å². The first-order valence-corrected chi connectivity index (χ1v) is 25.9. The van der Waals surface area contributed by atoms with Gasteiger partial charge in [0.2, 0.25) is 33.6 Å². The maximum atomic E-state index is 2.50. The second-order valence-corrected chi connectivity index (χ2v) is 22.2. The van der Waals surface area contributed by atoms with E-state index in [2.05, 4.69) is 229 Å². The Hall–Kier alpha value is -6.45. The van der Waals surface area contributed by atoms with E-state index in [0.29, 0.717) is 23.7 Å². The van der Waals surface area contributed by atoms with Crippen LogP contribution in [0, 0.1) is 37.5 Å². The van der Waals surface area contributed by atoms with Gasteiger partial charge in [-0.1, -0.05) is 125 Å². The molecule has 0 unspecified atom stereocenters. The molecule has 6 heterocycles. The van der Waals surface area contributed by atoms with E-state index >= 15 is 0 Å². The van der Waals surface area contributed by atoms with E-state index < -0.39 is 0 Å². The maximum absolute atomic E-state index is 2.50. The Kier molecular flexibility index (Phi) is 15.1. The molecule has 3 aliphatic rings. The van der Waals surface area contributed by atoms with E-state index in [1.54, 1.807) is 5.56 Å². The quantitative estimate of drug-likeness (QED) is 0.135. The fourth-order valence-corrected chi connectivity index (χ4v) is 11.6. The van der Waals surface area contributed by atoms with Crippen molar-refractivity contribution in [2.45, 2.75) is 129 Å². The second-order valence-electron chi connectivity index (χ2n) is 22.2. The summed E-state index contributed by atoms with van der Waals surface area (Å²) in [5, 5.41) is 3.98. The third-order valence-electron chi connectivity index (χ3n) is 14.5. The number of aromatic nitrogens is 3. The monoisotopic (exact) mass is 939 g/mol. The first-order valence-electron chi connectivity index (χ1n) is 25.9. The third-order valence-corrected chi connectivity index (χ3v) is 14.5. The number of hydrogen-bond donors (Lipinski definition) is 0. The molecular weight excluding hydrogens is 859 g/mol. The zero-order valence-electron chi connectivity index (χ0n) is 43.0. The summed E-state index contributed by atoms with van der Waals surface area (Å²) in [7, 11) is 0. The van der Waals surface area contributed by atoms with E-state index in [1.165, 1.54) is 117 Å². The van der Waals surface area contributed by atoms with Gasteiger partial charge in [-0.05, 0) is 151 Å². The highest BCUT2D eigenvalue weighted by Gasteiger charge is 2.32. The lowest BCUT2D eigenvalue weighted by atomic mass is 9.90. The molecule has 364 valence electrons. The zero-order chi connectivity index (χ0) is 48.1. The van der Waals surface area contributed by atoms with E-state index in [1.807, 2.05) is 0 Å². The van der Waals surface area contributed by atoms with Crippen LogP contribution in [0.5, 0.6) is 0 Å². The molecule has 0 aliphatic carbocycles. The van der Waals surface area contributed by atoms with Gasteiger partial charge in [0.15, 0.2) is 19.6 Å². The largest absolute Gasteiger partial charge is 0.213 e. The van der Waals surface area contributed by atoms with E-state index in [9.17, 15) is 0 Å². The first kappa shape index (κ1) is 50.9. The molecule has 9 aromatic rings. The lowest BCUT2D eigenvalue weighted by molar-refractivity contribution is -0.646. The van der Waals surface area contributed by atoms with Gasteiger partial charge in [0.05, 0.1) is 16.7 Å². The molecular formula is C68H80N3+3. The summed E-state index contributed by atoms with van der Waals surface area (Å²) in [5.41, 5.74) is 25.6. The van der Waals surface area contributed by atoms with Gasteiger partial charge in [0.25, 0.3) is 0 Å². The number of pyridine rings is 3. The van der Waals surface area contributed by atoms with Gasteiger partial charge in [0, 0.05) is 69.2 Å². The lowest BCUT2D eigenvalue weighted by Gasteiger charge is -2.13. The average Bonchev–Trinajstić information content (AvgIpc) is 4.01. The Bertz CT molecular complexity index is 3400. The number of aryl methyl sites for hydroxylation is 2. The van der Waals surface area contributed by atoms with Crippen LogP contribution < -0.4 is 13.7 Å². The summed E-state index contributed by atoms with van der Waals surface area (Å²) in [4.78, 5) is 0. The van der Waals surface area contributed by atoms with E-state index in [-0.39, 0.29) is 14.9 Å². The molecule has 0 bridgehead atoms. The molecule has 0 N–H and O–H groups in total. The Labute approximate surface area is 426 Å². The van der Waals surface area contributed by atoms with Gasteiger partial charge in [-0.15, -0.1) is 0 Å². The van der Waals surface area contributed by atoms with Crippen LogP contribution in [-0.2, 0) is 45.3 Å². The standard InChI is InChI=1S/C24H28N.C22H24N.C20H20N.2CH4/c1-16(2)11-18-13-20(12-17(3)4)22-15-25-23-8-6-5-7-19(23)9-10-24(25)21(22)14-18;1-14(2)9-17-5-6-18-7-8-21-19-11-15(3)10-16(4)20(19)13-23(21)22(18)12-17;1-14(2)11-15-7-8-17-13-21-19-6-4-3-5-16(19)9-10-20(21)18(17)12-15;;/h5-10,13-14,16-17H,11-12,15H2,1-4H3;5-8,10-12,14H,9,13H2,1-4H3;3-10,12,14H,11,13H2,1-2H3;2*1H4/q3*+1;;. The predicted octanol–water partition coefficient (Wildman–Crippen LogP) is 16.2. The molecule has 0 spiro atoms. The number of rotatable bonds is 8. The van der Waals surface area contributed by atoms with E-state index in [4.69, 9.17) is 0 Å². The highest BCUT2D eigenvalue weighted by atomic mass is 15.0. The molecule has 3 heteroatoms. The smallest absolute Gasteiger partial charge is 0.187 e. The minimum Gasteiger partial charge on any atom is -0.187 e. The highest BCUT2D eigenvalue weighted by Crippen LogP contribution is 2.36. The number of nitrogens with zero attached hydrogens (tertiary/aromatic N) is 3. The van der Waals surface area contributed by atoms with Crippen LogP contribution >= 0.6 is 0 Å². The predicted molar refractivity (Wildman–Crippen MR) is 303 cm³/mol. The third kappa shape index (κ3) is 10.3. The molecule has 0 amide bonds. The van der Waals surface area contributed by atoms with E-state index in [0.717, 1.165) is 38.9 Å². The summed E-state index contributed by atoms with van der Waals surface area (Å²) in [6.45, 7) is 25.8. The Morgan fingerprint density at radius 3 is 1.44 bits per heavy atom. The molecule has 0 radical (unpaired) electrons. The van der Waals surface area contributed by atoms with Gasteiger partial charge in [-0.3, -0.25) is 0 Å². The topological polar surface area (TPSA) is 11.6 Å². The van der Waals surface area contributed by atoms with Crippen molar-refractivity contribution in [2.75, 3.05) is 0 Å². The van der Waals surface area contributed by atoms with Crippen LogP contribution in [0.15, 0.2) is 146 Å². The fourth-order valence-electron chi connectivity index (χ4n) is 11.6. The van der Waals surface area contributed by atoms with Crippen molar-refractivity contribution in [2.24, 2.45) is 23.7 Å². The van der Waals surface area contributed by atoms with Gasteiger partial charge in [0.1, 0.15) is 0 Å². The van der Waals surface area contributed by atoms with Crippen molar-refractivity contribution in [1.82, 2.24) is 0 Å².